The number of thiophene rings is 1. The van der Waals surface area contributed by atoms with Gasteiger partial charge in [0.05, 0.1) is 18.2 Å². The van der Waals surface area contributed by atoms with E-state index < -0.39 is 17.8 Å². The van der Waals surface area contributed by atoms with Crippen LogP contribution in [0.3, 0.4) is 0 Å². The summed E-state index contributed by atoms with van der Waals surface area (Å²) in [6.07, 6.45) is 1.04. The third kappa shape index (κ3) is 2.98. The van der Waals surface area contributed by atoms with Crippen molar-refractivity contribution in [2.75, 3.05) is 11.9 Å². The van der Waals surface area contributed by atoms with E-state index in [2.05, 4.69) is 5.32 Å². The molecule has 0 bridgehead atoms. The van der Waals surface area contributed by atoms with Gasteiger partial charge in [-0.2, -0.15) is 0 Å². The maximum atomic E-state index is 11.0. The van der Waals surface area contributed by atoms with E-state index in [0.717, 1.165) is 22.3 Å². The van der Waals surface area contributed by atoms with Gasteiger partial charge in [-0.25, -0.2) is 9.59 Å². The quantitative estimate of drug-likeness (QED) is 0.546. The van der Waals surface area contributed by atoms with E-state index in [9.17, 15) is 14.4 Å². The van der Waals surface area contributed by atoms with Crippen LogP contribution in [0, 0.1) is 0 Å². The molecule has 0 saturated heterocycles. The Labute approximate surface area is 111 Å². The summed E-state index contributed by atoms with van der Waals surface area (Å²) >= 11 is 1.16. The Bertz CT molecular complexity index is 588. The predicted octanol–water partition coefficient (Wildman–Crippen LogP) is 0.769. The lowest BCUT2D eigenvalue weighted by molar-refractivity contribution is -0.147. The molecule has 1 amide bonds. The molecule has 0 aliphatic carbocycles. The molecule has 2 rings (SSSR count). The average Bonchev–Trinajstić information content (AvgIpc) is 2.71. The summed E-state index contributed by atoms with van der Waals surface area (Å²) in [5.74, 6) is -3.80. The van der Waals surface area contributed by atoms with Crippen molar-refractivity contribution >= 4 is 39.8 Å². The molecule has 1 aromatic rings. The van der Waals surface area contributed by atoms with Crippen LogP contribution in [-0.2, 0) is 25.7 Å². The second kappa shape index (κ2) is 5.21. The van der Waals surface area contributed by atoms with Crippen LogP contribution < -0.4 is 5.32 Å². The van der Waals surface area contributed by atoms with E-state index >= 15 is 0 Å². The van der Waals surface area contributed by atoms with Crippen LogP contribution in [-0.4, -0.2) is 34.7 Å². The Morgan fingerprint density at radius 3 is 2.68 bits per heavy atom. The first-order valence-electron chi connectivity index (χ1n) is 5.16. The summed E-state index contributed by atoms with van der Waals surface area (Å²) < 4.78 is 5.22. The largest absolute Gasteiger partial charge is 0.478 e. The normalized spacial score (nSPS) is 15.9. The van der Waals surface area contributed by atoms with Gasteiger partial charge in [-0.1, -0.05) is 0 Å². The summed E-state index contributed by atoms with van der Waals surface area (Å²) in [6, 6.07) is 1.55. The first-order valence-corrected chi connectivity index (χ1v) is 5.97. The van der Waals surface area contributed by atoms with Gasteiger partial charge in [-0.05, 0) is 17.2 Å². The third-order valence-corrected chi connectivity index (χ3v) is 3.40. The number of carbonyl (C=O) groups is 3. The molecule has 0 aromatic carbocycles. The van der Waals surface area contributed by atoms with Crippen molar-refractivity contribution < 1.29 is 29.3 Å². The number of rotatable bonds is 2. The van der Waals surface area contributed by atoms with Crippen LogP contribution in [0.25, 0.3) is 5.57 Å². The van der Waals surface area contributed by atoms with Crippen molar-refractivity contribution in [3.63, 3.8) is 0 Å². The number of anilines is 1. The Morgan fingerprint density at radius 1 is 1.32 bits per heavy atom. The van der Waals surface area contributed by atoms with Crippen LogP contribution in [0.4, 0.5) is 5.00 Å². The van der Waals surface area contributed by atoms with Crippen LogP contribution in [0.2, 0.25) is 0 Å². The van der Waals surface area contributed by atoms with E-state index in [1.165, 1.54) is 0 Å². The Morgan fingerprint density at radius 2 is 2.05 bits per heavy atom. The first-order chi connectivity index (χ1) is 8.97. The fourth-order valence-corrected chi connectivity index (χ4v) is 2.66. The molecule has 0 fully saturated rings. The molecule has 100 valence electrons. The van der Waals surface area contributed by atoms with Crippen LogP contribution >= 0.6 is 11.3 Å². The van der Waals surface area contributed by atoms with Crippen molar-refractivity contribution in [2.24, 2.45) is 0 Å². The van der Waals surface area contributed by atoms with Gasteiger partial charge in [-0.3, -0.25) is 4.79 Å². The van der Waals surface area contributed by atoms with Gasteiger partial charge >= 0.3 is 17.8 Å². The van der Waals surface area contributed by atoms with Gasteiger partial charge in [0, 0.05) is 11.0 Å². The molecule has 1 aromatic heterocycles. The zero-order valence-corrected chi connectivity index (χ0v) is 10.3. The molecule has 1 aliphatic heterocycles. The van der Waals surface area contributed by atoms with Gasteiger partial charge in [0.1, 0.15) is 0 Å². The van der Waals surface area contributed by atoms with E-state index in [1.807, 2.05) is 0 Å². The Hall–Kier alpha value is -2.19. The minimum atomic E-state index is -1.58. The van der Waals surface area contributed by atoms with E-state index in [0.29, 0.717) is 22.7 Å². The summed E-state index contributed by atoms with van der Waals surface area (Å²) in [7, 11) is 0. The second-order valence-electron chi connectivity index (χ2n) is 3.71. The number of ether oxygens (including phenoxy) is 1. The average molecular weight is 283 g/mol. The van der Waals surface area contributed by atoms with Crippen molar-refractivity contribution in [3.8, 4) is 0 Å². The minimum Gasteiger partial charge on any atom is -0.478 e. The zero-order valence-electron chi connectivity index (χ0n) is 9.50. The fraction of sp³-hybridized carbons (Fsp3) is 0.182. The van der Waals surface area contributed by atoms with Crippen molar-refractivity contribution in [3.05, 3.63) is 22.6 Å². The standard InChI is InChI=1S/C11H9NO6S/c13-9(14)1-5-3-18-4-7-6(5)2-8(19-7)12-10(15)11(16)17/h1-2H,3-4H2,(H,12,15)(H,13,14)(H,16,17). The molecule has 0 saturated carbocycles. The molecular weight excluding hydrogens is 274 g/mol. The van der Waals surface area contributed by atoms with E-state index in [-0.39, 0.29) is 6.61 Å². The minimum absolute atomic E-state index is 0.169. The van der Waals surface area contributed by atoms with Gasteiger partial charge in [-0.15, -0.1) is 11.3 Å². The lowest BCUT2D eigenvalue weighted by Crippen LogP contribution is -2.21. The molecule has 7 nitrogen and oxygen atoms in total. The summed E-state index contributed by atoms with van der Waals surface area (Å²) in [6.45, 7) is 0.474. The molecular formula is C11H9NO6S. The molecule has 3 N–H and O–H groups in total. The third-order valence-electron chi connectivity index (χ3n) is 2.37. The number of carboxylic acid groups (broad SMARTS) is 2. The SMILES string of the molecule is O=C(O)C=C1COCc2sc(NC(=O)C(=O)O)cc21. The number of carbonyl (C=O) groups excluding carboxylic acids is 1. The summed E-state index contributed by atoms with van der Waals surface area (Å²) in [5, 5.41) is 19.8. The van der Waals surface area contributed by atoms with Crippen molar-refractivity contribution in [1.29, 1.82) is 0 Å². The Kier molecular flexibility index (Phi) is 3.63. The zero-order chi connectivity index (χ0) is 14.0. The monoisotopic (exact) mass is 283 g/mol. The van der Waals surface area contributed by atoms with Crippen LogP contribution in [0.15, 0.2) is 12.1 Å². The van der Waals surface area contributed by atoms with Crippen molar-refractivity contribution in [2.45, 2.75) is 6.61 Å². The lowest BCUT2D eigenvalue weighted by Gasteiger charge is -2.14. The first kappa shape index (κ1) is 13.2. The number of fused-ring (bicyclic) bond motifs is 1. The van der Waals surface area contributed by atoms with Crippen LogP contribution in [0.1, 0.15) is 10.4 Å². The van der Waals surface area contributed by atoms with Gasteiger partial charge in [0.25, 0.3) is 0 Å². The molecule has 19 heavy (non-hydrogen) atoms. The molecule has 0 spiro atoms. The molecule has 8 heteroatoms. The highest BCUT2D eigenvalue weighted by Crippen LogP contribution is 2.35. The number of carboxylic acids is 2. The van der Waals surface area contributed by atoms with Gasteiger partial charge in [0.15, 0.2) is 0 Å². The van der Waals surface area contributed by atoms with Gasteiger partial charge < -0.3 is 20.3 Å². The number of aliphatic carboxylic acids is 2. The maximum absolute atomic E-state index is 11.0. The summed E-state index contributed by atoms with van der Waals surface area (Å²) in [5.41, 5.74) is 1.15. The molecule has 2 heterocycles. The molecule has 0 radical (unpaired) electrons. The van der Waals surface area contributed by atoms with Crippen molar-refractivity contribution in [1.82, 2.24) is 0 Å². The molecule has 0 unspecified atom stereocenters. The number of nitrogens with one attached hydrogen (secondary N) is 1. The summed E-state index contributed by atoms with van der Waals surface area (Å²) in [4.78, 5) is 32.9. The van der Waals surface area contributed by atoms with E-state index in [1.54, 1.807) is 6.07 Å². The lowest BCUT2D eigenvalue weighted by atomic mass is 10.1. The number of amides is 1. The molecule has 1 aliphatic rings. The van der Waals surface area contributed by atoms with Crippen LogP contribution in [0.5, 0.6) is 0 Å². The number of hydrogen-bond acceptors (Lipinski definition) is 5. The van der Waals surface area contributed by atoms with Gasteiger partial charge in [0.2, 0.25) is 0 Å². The van der Waals surface area contributed by atoms with E-state index in [4.69, 9.17) is 14.9 Å². The second-order valence-corrected chi connectivity index (χ2v) is 4.84. The maximum Gasteiger partial charge on any atom is 0.394 e. The molecule has 0 atom stereocenters. The number of hydrogen-bond donors (Lipinski definition) is 3. The topological polar surface area (TPSA) is 113 Å². The smallest absolute Gasteiger partial charge is 0.394 e. The fourth-order valence-electron chi connectivity index (χ4n) is 1.63. The highest BCUT2D eigenvalue weighted by molar-refractivity contribution is 7.16. The predicted molar refractivity (Wildman–Crippen MR) is 65.9 cm³/mol. The highest BCUT2D eigenvalue weighted by atomic mass is 32.1. The highest BCUT2D eigenvalue weighted by Gasteiger charge is 2.21. The Balaban J connectivity index is 2.29.